The van der Waals surface area contributed by atoms with E-state index in [0.717, 1.165) is 16.8 Å². The molecule has 0 atom stereocenters. The van der Waals surface area contributed by atoms with E-state index in [-0.39, 0.29) is 4.90 Å². The van der Waals surface area contributed by atoms with Crippen LogP contribution in [0.5, 0.6) is 0 Å². The van der Waals surface area contributed by atoms with Crippen molar-refractivity contribution < 1.29 is 8.42 Å². The Bertz CT molecular complexity index is 1230. The van der Waals surface area contributed by atoms with Crippen molar-refractivity contribution in [1.82, 2.24) is 9.97 Å². The van der Waals surface area contributed by atoms with Gasteiger partial charge in [0.1, 0.15) is 4.90 Å². The number of hydrogen-bond acceptors (Lipinski definition) is 5. The molecule has 30 heavy (non-hydrogen) atoms. The highest BCUT2D eigenvalue weighted by molar-refractivity contribution is 7.90. The van der Waals surface area contributed by atoms with E-state index >= 15 is 0 Å². The van der Waals surface area contributed by atoms with E-state index in [0.29, 0.717) is 18.2 Å². The Labute approximate surface area is 176 Å². The van der Waals surface area contributed by atoms with Crippen LogP contribution in [0.2, 0.25) is 0 Å². The van der Waals surface area contributed by atoms with Crippen LogP contribution in [-0.2, 0) is 16.4 Å². The molecule has 150 valence electrons. The van der Waals surface area contributed by atoms with Gasteiger partial charge in [-0.3, -0.25) is 0 Å². The Kier molecular flexibility index (Phi) is 5.59. The molecule has 1 heterocycles. The molecule has 0 aliphatic rings. The van der Waals surface area contributed by atoms with Crippen LogP contribution in [0.4, 0.5) is 11.5 Å². The molecule has 0 saturated heterocycles. The van der Waals surface area contributed by atoms with Crippen molar-refractivity contribution in [2.45, 2.75) is 11.4 Å². The van der Waals surface area contributed by atoms with Crippen LogP contribution in [0.3, 0.4) is 0 Å². The highest BCUT2D eigenvalue weighted by atomic mass is 32.2. The molecule has 0 bridgehead atoms. The second-order valence-electron chi connectivity index (χ2n) is 6.93. The topological polar surface area (TPSA) is 63.2 Å². The summed E-state index contributed by atoms with van der Waals surface area (Å²) in [6.07, 6.45) is 2.59. The number of aromatic nitrogens is 2. The molecule has 4 rings (SSSR count). The maximum absolute atomic E-state index is 12.6. The van der Waals surface area contributed by atoms with Crippen molar-refractivity contribution in [3.8, 4) is 11.4 Å². The molecule has 6 heteroatoms. The van der Waals surface area contributed by atoms with Gasteiger partial charge < -0.3 is 4.90 Å². The molecule has 0 aliphatic carbocycles. The summed E-state index contributed by atoms with van der Waals surface area (Å²) in [5.41, 5.74) is 2.72. The molecule has 0 saturated carbocycles. The van der Waals surface area contributed by atoms with Gasteiger partial charge in [0, 0.05) is 24.1 Å². The first-order valence-corrected chi connectivity index (χ1v) is 11.4. The minimum atomic E-state index is -3.54. The minimum Gasteiger partial charge on any atom is -0.321 e. The number of benzene rings is 3. The monoisotopic (exact) mass is 415 g/mol. The highest BCUT2D eigenvalue weighted by Crippen LogP contribution is 2.32. The van der Waals surface area contributed by atoms with Gasteiger partial charge in [0.15, 0.2) is 21.5 Å². The number of hydrogen-bond donors (Lipinski definition) is 0. The molecule has 0 unspecified atom stereocenters. The molecule has 0 N–H and O–H groups in total. The lowest BCUT2D eigenvalue weighted by Gasteiger charge is -2.26. The average molecular weight is 416 g/mol. The van der Waals surface area contributed by atoms with Gasteiger partial charge in [-0.15, -0.1) is 0 Å². The van der Waals surface area contributed by atoms with Gasteiger partial charge in [0.05, 0.1) is 6.20 Å². The van der Waals surface area contributed by atoms with Crippen molar-refractivity contribution in [3.05, 3.63) is 103 Å². The maximum Gasteiger partial charge on any atom is 0.180 e. The lowest BCUT2D eigenvalue weighted by atomic mass is 10.2. The van der Waals surface area contributed by atoms with Gasteiger partial charge in [-0.1, -0.05) is 78.9 Å². The normalized spacial score (nSPS) is 11.2. The lowest BCUT2D eigenvalue weighted by molar-refractivity contribution is 0.601. The molecule has 0 aliphatic heterocycles. The predicted octanol–water partition coefficient (Wildman–Crippen LogP) is 4.89. The molecule has 0 amide bonds. The molecular formula is C24H21N3O2S. The molecule has 4 aromatic rings. The summed E-state index contributed by atoms with van der Waals surface area (Å²) < 4.78 is 25.2. The SMILES string of the molecule is CS(=O)(=O)c1cnc(-c2ccccc2)nc1N(Cc1ccccc1)c1ccccc1. The number of para-hydroxylation sites is 1. The van der Waals surface area contributed by atoms with Crippen LogP contribution < -0.4 is 4.90 Å². The largest absolute Gasteiger partial charge is 0.321 e. The summed E-state index contributed by atoms with van der Waals surface area (Å²) in [7, 11) is -3.54. The van der Waals surface area contributed by atoms with Crippen LogP contribution >= 0.6 is 0 Å². The summed E-state index contributed by atoms with van der Waals surface area (Å²) in [5.74, 6) is 0.841. The third kappa shape index (κ3) is 4.39. The first kappa shape index (κ1) is 19.8. The molecule has 5 nitrogen and oxygen atoms in total. The van der Waals surface area contributed by atoms with Gasteiger partial charge in [-0.2, -0.15) is 0 Å². The van der Waals surface area contributed by atoms with E-state index in [4.69, 9.17) is 4.98 Å². The number of sulfone groups is 1. The average Bonchev–Trinajstić information content (AvgIpc) is 2.78. The second kappa shape index (κ2) is 8.47. The van der Waals surface area contributed by atoms with Gasteiger partial charge in [0.25, 0.3) is 0 Å². The van der Waals surface area contributed by atoms with E-state index in [1.54, 1.807) is 0 Å². The molecular weight excluding hydrogens is 394 g/mol. The number of rotatable bonds is 6. The smallest absolute Gasteiger partial charge is 0.180 e. The van der Waals surface area contributed by atoms with E-state index in [1.165, 1.54) is 12.5 Å². The van der Waals surface area contributed by atoms with E-state index in [1.807, 2.05) is 95.9 Å². The summed E-state index contributed by atoms with van der Waals surface area (Å²) in [5, 5.41) is 0. The second-order valence-corrected chi connectivity index (χ2v) is 8.91. The highest BCUT2D eigenvalue weighted by Gasteiger charge is 2.23. The molecule has 1 aromatic heterocycles. The summed E-state index contributed by atoms with van der Waals surface area (Å²) in [6.45, 7) is 0.471. The maximum atomic E-state index is 12.6. The zero-order chi connectivity index (χ0) is 21.0. The van der Waals surface area contributed by atoms with Crippen molar-refractivity contribution in [2.75, 3.05) is 11.2 Å². The number of anilines is 2. The van der Waals surface area contributed by atoms with Crippen molar-refractivity contribution in [2.24, 2.45) is 0 Å². The molecule has 0 radical (unpaired) electrons. The third-order valence-corrected chi connectivity index (χ3v) is 5.76. The Morgan fingerprint density at radius 1 is 0.800 bits per heavy atom. The Morgan fingerprint density at radius 2 is 1.37 bits per heavy atom. The van der Waals surface area contributed by atoms with Crippen molar-refractivity contribution in [3.63, 3.8) is 0 Å². The van der Waals surface area contributed by atoms with Crippen LogP contribution in [0.1, 0.15) is 5.56 Å². The fraction of sp³-hybridized carbons (Fsp3) is 0.0833. The van der Waals surface area contributed by atoms with Crippen LogP contribution in [0, 0.1) is 0 Å². The van der Waals surface area contributed by atoms with Gasteiger partial charge in [-0.25, -0.2) is 18.4 Å². The summed E-state index contributed by atoms with van der Waals surface area (Å²) in [6, 6.07) is 29.1. The van der Waals surface area contributed by atoms with Crippen LogP contribution in [0.25, 0.3) is 11.4 Å². The first-order valence-electron chi connectivity index (χ1n) is 9.51. The summed E-state index contributed by atoms with van der Waals surface area (Å²) in [4.78, 5) is 11.1. The van der Waals surface area contributed by atoms with Gasteiger partial charge in [0.2, 0.25) is 0 Å². The molecule has 3 aromatic carbocycles. The first-order chi connectivity index (χ1) is 14.5. The standard InChI is InChI=1S/C24H21N3O2S/c1-30(28,29)22-17-25-23(20-13-7-3-8-14-20)26-24(22)27(21-15-9-4-10-16-21)18-19-11-5-2-6-12-19/h2-17H,18H2,1H3. The van der Waals surface area contributed by atoms with Crippen molar-refractivity contribution in [1.29, 1.82) is 0 Å². The van der Waals surface area contributed by atoms with E-state index < -0.39 is 9.84 Å². The Hall–Kier alpha value is -3.51. The zero-order valence-electron chi connectivity index (χ0n) is 16.5. The van der Waals surface area contributed by atoms with Gasteiger partial charge >= 0.3 is 0 Å². The predicted molar refractivity (Wildman–Crippen MR) is 119 cm³/mol. The Balaban J connectivity index is 1.91. The van der Waals surface area contributed by atoms with Crippen LogP contribution in [-0.4, -0.2) is 24.6 Å². The quantitative estimate of drug-likeness (QED) is 0.449. The fourth-order valence-corrected chi connectivity index (χ4v) is 3.94. The Morgan fingerprint density at radius 3 is 1.97 bits per heavy atom. The number of nitrogens with zero attached hydrogens (tertiary/aromatic N) is 3. The van der Waals surface area contributed by atoms with E-state index in [2.05, 4.69) is 4.98 Å². The third-order valence-electron chi connectivity index (χ3n) is 4.67. The fourth-order valence-electron chi connectivity index (χ4n) is 3.21. The molecule has 0 spiro atoms. The van der Waals surface area contributed by atoms with Gasteiger partial charge in [-0.05, 0) is 17.7 Å². The van der Waals surface area contributed by atoms with Crippen LogP contribution in [0.15, 0.2) is 102 Å². The van der Waals surface area contributed by atoms with Crippen molar-refractivity contribution >= 4 is 21.3 Å². The lowest BCUT2D eigenvalue weighted by Crippen LogP contribution is -2.21. The summed E-state index contributed by atoms with van der Waals surface area (Å²) >= 11 is 0. The molecule has 0 fully saturated rings. The minimum absolute atomic E-state index is 0.0990. The van der Waals surface area contributed by atoms with E-state index in [9.17, 15) is 8.42 Å². The zero-order valence-corrected chi connectivity index (χ0v) is 17.3.